The van der Waals surface area contributed by atoms with E-state index in [0.717, 1.165) is 26.1 Å². The van der Waals surface area contributed by atoms with E-state index >= 15 is 0 Å². The van der Waals surface area contributed by atoms with Crippen LogP contribution >= 0.6 is 0 Å². The average molecular weight is 247 g/mol. The Labute approximate surface area is 111 Å². The van der Waals surface area contributed by atoms with Gasteiger partial charge in [-0.05, 0) is 36.8 Å². The van der Waals surface area contributed by atoms with Gasteiger partial charge in [0.1, 0.15) is 0 Å². The Kier molecular flexibility index (Phi) is 4.79. The second-order valence-corrected chi connectivity index (χ2v) is 5.60. The third-order valence-electron chi connectivity index (χ3n) is 3.81. The lowest BCUT2D eigenvalue weighted by Crippen LogP contribution is -2.36. The Hall–Kier alpha value is -0.860. The fourth-order valence-electron chi connectivity index (χ4n) is 2.48. The van der Waals surface area contributed by atoms with Gasteiger partial charge >= 0.3 is 0 Å². The van der Waals surface area contributed by atoms with Gasteiger partial charge in [-0.2, -0.15) is 0 Å². The van der Waals surface area contributed by atoms with E-state index in [1.165, 1.54) is 11.1 Å². The molecule has 1 aliphatic rings. The number of rotatable bonds is 4. The largest absolute Gasteiger partial charge is 0.381 e. The highest BCUT2D eigenvalue weighted by Gasteiger charge is 2.16. The maximum atomic E-state index is 5.39. The molecular weight excluding hydrogens is 222 g/mol. The lowest BCUT2D eigenvalue weighted by molar-refractivity contribution is 0.0754. The standard InChI is InChI=1S/C16H25NO/c1-12(2)14-4-6-15(7-5-14)13(3)17-16-8-10-18-11-9-16/h4-7,12-13,16-17H,8-11H2,1-3H3. The zero-order chi connectivity index (χ0) is 13.0. The fourth-order valence-corrected chi connectivity index (χ4v) is 2.48. The molecule has 1 N–H and O–H groups in total. The van der Waals surface area contributed by atoms with Crippen LogP contribution in [-0.2, 0) is 4.74 Å². The zero-order valence-electron chi connectivity index (χ0n) is 11.8. The molecule has 2 rings (SSSR count). The maximum absolute atomic E-state index is 5.39. The van der Waals surface area contributed by atoms with Crippen molar-refractivity contribution in [2.24, 2.45) is 0 Å². The Morgan fingerprint density at radius 1 is 1.00 bits per heavy atom. The molecule has 1 aromatic rings. The molecule has 2 nitrogen and oxygen atoms in total. The molecule has 2 heteroatoms. The summed E-state index contributed by atoms with van der Waals surface area (Å²) >= 11 is 0. The molecule has 1 aliphatic heterocycles. The topological polar surface area (TPSA) is 21.3 Å². The molecule has 18 heavy (non-hydrogen) atoms. The Morgan fingerprint density at radius 2 is 1.56 bits per heavy atom. The molecule has 1 aromatic carbocycles. The highest BCUT2D eigenvalue weighted by Crippen LogP contribution is 2.20. The minimum atomic E-state index is 0.425. The molecule has 0 saturated carbocycles. The summed E-state index contributed by atoms with van der Waals surface area (Å²) in [5.41, 5.74) is 2.79. The van der Waals surface area contributed by atoms with Crippen LogP contribution in [0.1, 0.15) is 56.7 Å². The first-order valence-electron chi connectivity index (χ1n) is 7.10. The summed E-state index contributed by atoms with van der Waals surface area (Å²) in [7, 11) is 0. The molecule has 1 saturated heterocycles. The quantitative estimate of drug-likeness (QED) is 0.877. The van der Waals surface area contributed by atoms with E-state index in [-0.39, 0.29) is 0 Å². The maximum Gasteiger partial charge on any atom is 0.0480 e. The van der Waals surface area contributed by atoms with Crippen LogP contribution in [0.15, 0.2) is 24.3 Å². The van der Waals surface area contributed by atoms with Gasteiger partial charge in [-0.1, -0.05) is 38.1 Å². The van der Waals surface area contributed by atoms with E-state index in [1.54, 1.807) is 0 Å². The normalized spacial score (nSPS) is 19.1. The third kappa shape index (κ3) is 3.56. The van der Waals surface area contributed by atoms with Gasteiger partial charge in [-0.3, -0.25) is 0 Å². The Bertz CT molecular complexity index is 352. The highest BCUT2D eigenvalue weighted by molar-refractivity contribution is 5.26. The Morgan fingerprint density at radius 3 is 2.11 bits per heavy atom. The predicted molar refractivity (Wildman–Crippen MR) is 75.9 cm³/mol. The van der Waals surface area contributed by atoms with Gasteiger partial charge in [0.05, 0.1) is 0 Å². The second kappa shape index (κ2) is 6.35. The van der Waals surface area contributed by atoms with Crippen molar-refractivity contribution in [1.29, 1.82) is 0 Å². The molecule has 0 radical (unpaired) electrons. The van der Waals surface area contributed by atoms with Crippen molar-refractivity contribution in [3.05, 3.63) is 35.4 Å². The lowest BCUT2D eigenvalue weighted by atomic mass is 9.98. The highest BCUT2D eigenvalue weighted by atomic mass is 16.5. The van der Waals surface area contributed by atoms with Gasteiger partial charge in [-0.15, -0.1) is 0 Å². The van der Waals surface area contributed by atoms with Crippen molar-refractivity contribution in [2.45, 2.75) is 51.6 Å². The molecule has 100 valence electrons. The van der Waals surface area contributed by atoms with Gasteiger partial charge in [0.25, 0.3) is 0 Å². The van der Waals surface area contributed by atoms with Gasteiger partial charge in [-0.25, -0.2) is 0 Å². The van der Waals surface area contributed by atoms with E-state index in [1.807, 2.05) is 0 Å². The molecule has 0 aromatic heterocycles. The molecule has 0 amide bonds. The SMILES string of the molecule is CC(C)c1ccc(C(C)NC2CCOCC2)cc1. The number of hydrogen-bond donors (Lipinski definition) is 1. The van der Waals surface area contributed by atoms with Gasteiger partial charge in [0, 0.05) is 25.3 Å². The van der Waals surface area contributed by atoms with Gasteiger partial charge < -0.3 is 10.1 Å². The first kappa shape index (κ1) is 13.6. The summed E-state index contributed by atoms with van der Waals surface area (Å²) < 4.78 is 5.39. The van der Waals surface area contributed by atoms with E-state index in [4.69, 9.17) is 4.74 Å². The van der Waals surface area contributed by atoms with E-state index in [9.17, 15) is 0 Å². The van der Waals surface area contributed by atoms with E-state index in [2.05, 4.69) is 50.4 Å². The first-order valence-corrected chi connectivity index (χ1v) is 7.10. The number of hydrogen-bond acceptors (Lipinski definition) is 2. The van der Waals surface area contributed by atoms with Gasteiger partial charge in [0.15, 0.2) is 0 Å². The summed E-state index contributed by atoms with van der Waals surface area (Å²) in [6.07, 6.45) is 2.27. The third-order valence-corrected chi connectivity index (χ3v) is 3.81. The van der Waals surface area contributed by atoms with E-state index < -0.39 is 0 Å². The minimum absolute atomic E-state index is 0.425. The van der Waals surface area contributed by atoms with Crippen LogP contribution in [-0.4, -0.2) is 19.3 Å². The summed E-state index contributed by atoms with van der Waals surface area (Å²) in [4.78, 5) is 0. The molecular formula is C16H25NO. The Balaban J connectivity index is 1.93. The van der Waals surface area contributed by atoms with Crippen LogP contribution < -0.4 is 5.32 Å². The molecule has 0 spiro atoms. The van der Waals surface area contributed by atoms with Crippen LogP contribution in [0.2, 0.25) is 0 Å². The molecule has 0 bridgehead atoms. The molecule has 1 unspecified atom stereocenters. The minimum Gasteiger partial charge on any atom is -0.381 e. The number of nitrogens with one attached hydrogen (secondary N) is 1. The smallest absolute Gasteiger partial charge is 0.0480 e. The van der Waals surface area contributed by atoms with Crippen LogP contribution in [0, 0.1) is 0 Å². The predicted octanol–water partition coefficient (Wildman–Crippen LogP) is 3.64. The first-order chi connectivity index (χ1) is 8.66. The van der Waals surface area contributed by atoms with Crippen LogP contribution in [0.25, 0.3) is 0 Å². The van der Waals surface area contributed by atoms with Gasteiger partial charge in [0.2, 0.25) is 0 Å². The summed E-state index contributed by atoms with van der Waals surface area (Å²) in [5.74, 6) is 0.609. The lowest BCUT2D eigenvalue weighted by Gasteiger charge is -2.27. The van der Waals surface area contributed by atoms with Crippen LogP contribution in [0.4, 0.5) is 0 Å². The molecule has 0 aliphatic carbocycles. The van der Waals surface area contributed by atoms with Crippen molar-refractivity contribution >= 4 is 0 Å². The van der Waals surface area contributed by atoms with Crippen molar-refractivity contribution in [2.75, 3.05) is 13.2 Å². The zero-order valence-corrected chi connectivity index (χ0v) is 11.8. The van der Waals surface area contributed by atoms with Crippen LogP contribution in [0.5, 0.6) is 0 Å². The summed E-state index contributed by atoms with van der Waals surface area (Å²) in [6, 6.07) is 10.1. The fraction of sp³-hybridized carbons (Fsp3) is 0.625. The van der Waals surface area contributed by atoms with Crippen LogP contribution in [0.3, 0.4) is 0 Å². The van der Waals surface area contributed by atoms with Crippen molar-refractivity contribution in [3.8, 4) is 0 Å². The van der Waals surface area contributed by atoms with Crippen molar-refractivity contribution in [1.82, 2.24) is 5.32 Å². The summed E-state index contributed by atoms with van der Waals surface area (Å²) in [5, 5.41) is 3.70. The van der Waals surface area contributed by atoms with E-state index in [0.29, 0.717) is 18.0 Å². The molecule has 1 atom stereocenters. The second-order valence-electron chi connectivity index (χ2n) is 5.60. The monoisotopic (exact) mass is 247 g/mol. The van der Waals surface area contributed by atoms with Crippen molar-refractivity contribution in [3.63, 3.8) is 0 Å². The van der Waals surface area contributed by atoms with Crippen molar-refractivity contribution < 1.29 is 4.74 Å². The molecule has 1 fully saturated rings. The number of benzene rings is 1. The molecule has 1 heterocycles. The average Bonchev–Trinajstić information content (AvgIpc) is 2.40. The summed E-state index contributed by atoms with van der Waals surface area (Å²) in [6.45, 7) is 8.52. The number of ether oxygens (including phenoxy) is 1.